The van der Waals surface area contributed by atoms with Gasteiger partial charge in [0.25, 0.3) is 0 Å². The van der Waals surface area contributed by atoms with Gasteiger partial charge in [0.15, 0.2) is 0 Å². The summed E-state index contributed by atoms with van der Waals surface area (Å²) in [7, 11) is 0. The van der Waals surface area contributed by atoms with E-state index < -0.39 is 6.10 Å². The molecule has 25 heavy (non-hydrogen) atoms. The van der Waals surface area contributed by atoms with E-state index in [1.165, 1.54) is 12.1 Å². The number of aromatic amines is 1. The third kappa shape index (κ3) is 5.03. The van der Waals surface area contributed by atoms with Crippen LogP contribution in [-0.4, -0.2) is 39.7 Å². The number of rotatable bonds is 8. The molecule has 0 amide bonds. The number of nitrogens with two attached hydrogens (primary N) is 1. The third-order valence-electron chi connectivity index (χ3n) is 3.43. The van der Waals surface area contributed by atoms with Crippen molar-refractivity contribution in [1.29, 1.82) is 0 Å². The first-order valence-corrected chi connectivity index (χ1v) is 7.68. The molecule has 2 aromatic rings. The lowest BCUT2D eigenvalue weighted by atomic mass is 10.0. The number of nitrogens with one attached hydrogen (secondary N) is 2. The summed E-state index contributed by atoms with van der Waals surface area (Å²) in [4.78, 5) is 0. The molecule has 1 aromatic heterocycles. The van der Waals surface area contributed by atoms with Gasteiger partial charge in [-0.15, -0.1) is 0 Å². The number of aliphatic hydroxyl groups excluding tert-OH is 2. The zero-order valence-corrected chi connectivity index (χ0v) is 13.6. The van der Waals surface area contributed by atoms with E-state index in [0.29, 0.717) is 11.5 Å². The molecule has 0 aliphatic carbocycles. The van der Waals surface area contributed by atoms with Crippen molar-refractivity contribution in [3.05, 3.63) is 72.5 Å². The monoisotopic (exact) mass is 344 g/mol. The molecule has 1 aromatic carbocycles. The van der Waals surface area contributed by atoms with E-state index in [2.05, 4.69) is 22.1 Å². The van der Waals surface area contributed by atoms with Crippen LogP contribution in [0, 0.1) is 5.82 Å². The fourth-order valence-corrected chi connectivity index (χ4v) is 2.20. The minimum Gasteiger partial charge on any atom is -0.394 e. The number of nitrogens with zero attached hydrogens (tertiary/aromatic N) is 1. The van der Waals surface area contributed by atoms with Crippen molar-refractivity contribution >= 4 is 5.57 Å². The molecule has 0 saturated heterocycles. The smallest absolute Gasteiger partial charge is 0.123 e. The summed E-state index contributed by atoms with van der Waals surface area (Å²) < 4.78 is 13.1. The molecule has 0 aliphatic heterocycles. The van der Waals surface area contributed by atoms with E-state index in [0.717, 1.165) is 16.7 Å². The third-order valence-corrected chi connectivity index (χ3v) is 3.43. The first kappa shape index (κ1) is 18.4. The highest BCUT2D eigenvalue weighted by Crippen LogP contribution is 2.28. The number of benzene rings is 1. The van der Waals surface area contributed by atoms with Gasteiger partial charge in [0.05, 0.1) is 24.2 Å². The normalized spacial score (nSPS) is 13.6. The Hall–Kier alpha value is -2.90. The van der Waals surface area contributed by atoms with Gasteiger partial charge in [-0.2, -0.15) is 5.10 Å². The van der Waals surface area contributed by atoms with Gasteiger partial charge in [0.1, 0.15) is 5.82 Å². The Kier molecular flexibility index (Phi) is 6.50. The lowest BCUT2D eigenvalue weighted by Gasteiger charge is -2.11. The Morgan fingerprint density at radius 1 is 1.40 bits per heavy atom. The molecule has 0 spiro atoms. The Morgan fingerprint density at radius 2 is 2.12 bits per heavy atom. The van der Waals surface area contributed by atoms with Crippen molar-refractivity contribution in [3.63, 3.8) is 0 Å². The van der Waals surface area contributed by atoms with Crippen molar-refractivity contribution < 1.29 is 14.6 Å². The van der Waals surface area contributed by atoms with Crippen LogP contribution >= 0.6 is 0 Å². The highest BCUT2D eigenvalue weighted by molar-refractivity contribution is 5.84. The maximum absolute atomic E-state index is 13.1. The summed E-state index contributed by atoms with van der Waals surface area (Å²) in [5, 5.41) is 28.1. The Labute approximate surface area is 145 Å². The van der Waals surface area contributed by atoms with E-state index in [9.17, 15) is 9.50 Å². The molecule has 1 atom stereocenters. The van der Waals surface area contributed by atoms with Crippen LogP contribution in [0.15, 0.2) is 61.1 Å². The van der Waals surface area contributed by atoms with E-state index in [4.69, 9.17) is 10.8 Å². The summed E-state index contributed by atoms with van der Waals surface area (Å²) in [5.74, 6) is -0.00895. The number of hydrogen-bond donors (Lipinski definition) is 5. The lowest BCUT2D eigenvalue weighted by Crippen LogP contribution is -2.31. The predicted octanol–water partition coefficient (Wildman–Crippen LogP) is 1.53. The van der Waals surface area contributed by atoms with E-state index in [1.807, 2.05) is 0 Å². The van der Waals surface area contributed by atoms with Gasteiger partial charge in [-0.3, -0.25) is 5.10 Å². The van der Waals surface area contributed by atoms with Crippen LogP contribution in [0.3, 0.4) is 0 Å². The molecule has 1 unspecified atom stereocenters. The van der Waals surface area contributed by atoms with Crippen LogP contribution in [0.1, 0.15) is 5.56 Å². The van der Waals surface area contributed by atoms with Crippen LogP contribution < -0.4 is 11.1 Å². The minimum atomic E-state index is -0.900. The average Bonchev–Trinajstić information content (AvgIpc) is 3.09. The molecule has 132 valence electrons. The molecule has 2 rings (SSSR count). The molecule has 0 fully saturated rings. The standard InChI is InChI=1S/C18H21FN4O2/c1-2-3-13(8-17(20)21-9-15(25)11-24)16-10-22-23-18(16)12-4-6-14(19)7-5-12/h2-8,10,15,21,24-25H,1,9,11,20H2,(H,22,23)/b13-3+,17-8+. The second kappa shape index (κ2) is 8.81. The summed E-state index contributed by atoms with van der Waals surface area (Å²) in [5.41, 5.74) is 8.81. The lowest BCUT2D eigenvalue weighted by molar-refractivity contribution is 0.0964. The van der Waals surface area contributed by atoms with E-state index >= 15 is 0 Å². The summed E-state index contributed by atoms with van der Waals surface area (Å²) in [6, 6.07) is 6.02. The fraction of sp³-hybridized carbons (Fsp3) is 0.167. The van der Waals surface area contributed by atoms with Crippen molar-refractivity contribution in [3.8, 4) is 11.3 Å². The van der Waals surface area contributed by atoms with Gasteiger partial charge in [-0.25, -0.2) is 4.39 Å². The van der Waals surface area contributed by atoms with Crippen LogP contribution in [-0.2, 0) is 0 Å². The van der Waals surface area contributed by atoms with Crippen LogP contribution in [0.4, 0.5) is 4.39 Å². The summed E-state index contributed by atoms with van der Waals surface area (Å²) in [6.07, 6.45) is 5.85. The Balaban J connectivity index is 2.30. The molecule has 7 heteroatoms. The van der Waals surface area contributed by atoms with Gasteiger partial charge in [0, 0.05) is 23.9 Å². The van der Waals surface area contributed by atoms with Crippen molar-refractivity contribution in [1.82, 2.24) is 15.5 Å². The van der Waals surface area contributed by atoms with Crippen LogP contribution in [0.2, 0.25) is 0 Å². The molecule has 6 N–H and O–H groups in total. The molecule has 6 nitrogen and oxygen atoms in total. The van der Waals surface area contributed by atoms with Crippen molar-refractivity contribution in [2.24, 2.45) is 5.73 Å². The zero-order valence-electron chi connectivity index (χ0n) is 13.6. The molecule has 0 saturated carbocycles. The number of allylic oxidation sites excluding steroid dienone is 4. The summed E-state index contributed by atoms with van der Waals surface area (Å²) in [6.45, 7) is 3.47. The Morgan fingerprint density at radius 3 is 2.76 bits per heavy atom. The highest BCUT2D eigenvalue weighted by Gasteiger charge is 2.12. The van der Waals surface area contributed by atoms with Crippen LogP contribution in [0.5, 0.6) is 0 Å². The molecule has 0 bridgehead atoms. The van der Waals surface area contributed by atoms with E-state index in [-0.39, 0.29) is 19.0 Å². The quantitative estimate of drug-likeness (QED) is 0.467. The summed E-state index contributed by atoms with van der Waals surface area (Å²) >= 11 is 0. The van der Waals surface area contributed by atoms with Gasteiger partial charge < -0.3 is 21.3 Å². The number of aromatic nitrogens is 2. The maximum Gasteiger partial charge on any atom is 0.123 e. The highest BCUT2D eigenvalue weighted by atomic mass is 19.1. The molecular weight excluding hydrogens is 323 g/mol. The molecule has 1 heterocycles. The predicted molar refractivity (Wildman–Crippen MR) is 95.5 cm³/mol. The fourth-order valence-electron chi connectivity index (χ4n) is 2.20. The number of H-pyrrole nitrogens is 1. The van der Waals surface area contributed by atoms with Gasteiger partial charge in [-0.05, 0) is 35.9 Å². The van der Waals surface area contributed by atoms with E-state index in [1.54, 1.807) is 36.6 Å². The zero-order chi connectivity index (χ0) is 18.2. The first-order valence-electron chi connectivity index (χ1n) is 7.68. The number of halogens is 1. The largest absolute Gasteiger partial charge is 0.394 e. The Bertz CT molecular complexity index is 766. The topological polar surface area (TPSA) is 107 Å². The van der Waals surface area contributed by atoms with Gasteiger partial charge >= 0.3 is 0 Å². The van der Waals surface area contributed by atoms with Crippen molar-refractivity contribution in [2.75, 3.05) is 13.2 Å². The second-order valence-corrected chi connectivity index (χ2v) is 5.33. The SMILES string of the molecule is C=C/C=C(\C=C(/N)NCC(O)CO)c1c[nH]nc1-c1ccc(F)cc1. The maximum atomic E-state index is 13.1. The van der Waals surface area contributed by atoms with Gasteiger partial charge in [-0.1, -0.05) is 18.7 Å². The second-order valence-electron chi connectivity index (χ2n) is 5.33. The van der Waals surface area contributed by atoms with Gasteiger partial charge in [0.2, 0.25) is 0 Å². The first-order chi connectivity index (χ1) is 12.0. The van der Waals surface area contributed by atoms with Crippen LogP contribution in [0.25, 0.3) is 16.8 Å². The number of hydrogen-bond acceptors (Lipinski definition) is 5. The molecular formula is C18H21FN4O2. The van der Waals surface area contributed by atoms with Crippen molar-refractivity contribution in [2.45, 2.75) is 6.10 Å². The minimum absolute atomic E-state index is 0.121. The molecule has 0 aliphatic rings. The molecule has 0 radical (unpaired) electrons. The number of aliphatic hydroxyl groups is 2. The average molecular weight is 344 g/mol.